The number of benzene rings is 1. The van der Waals surface area contributed by atoms with E-state index in [0.29, 0.717) is 42.8 Å². The average Bonchev–Trinajstić information content (AvgIpc) is 3.27. The van der Waals surface area contributed by atoms with Crippen LogP contribution in [-0.4, -0.2) is 45.6 Å². The number of amides is 1. The number of likely N-dealkylation sites (tertiary alicyclic amines) is 1. The van der Waals surface area contributed by atoms with Gasteiger partial charge in [-0.15, -0.1) is 0 Å². The Balaban J connectivity index is 1.26. The molecule has 7 nitrogen and oxygen atoms in total. The molecule has 2 aromatic heterocycles. The number of rotatable bonds is 7. The van der Waals surface area contributed by atoms with Crippen molar-refractivity contribution in [3.05, 3.63) is 60.1 Å². The van der Waals surface area contributed by atoms with Crippen LogP contribution in [0.2, 0.25) is 0 Å². The molecule has 4 rings (SSSR count). The van der Waals surface area contributed by atoms with Crippen molar-refractivity contribution in [3.8, 4) is 17.3 Å². The summed E-state index contributed by atoms with van der Waals surface area (Å²) in [5, 5.41) is 3.96. The van der Waals surface area contributed by atoms with E-state index in [1.54, 1.807) is 6.20 Å². The molecular formula is C23H26N4O3. The highest BCUT2D eigenvalue weighted by molar-refractivity contribution is 5.76. The lowest BCUT2D eigenvalue weighted by molar-refractivity contribution is -0.133. The summed E-state index contributed by atoms with van der Waals surface area (Å²) >= 11 is 0. The summed E-state index contributed by atoms with van der Waals surface area (Å²) in [6.07, 6.45) is 4.55. The molecule has 0 bridgehead atoms. The molecule has 1 atom stereocenters. The Bertz CT molecular complexity index is 973. The summed E-state index contributed by atoms with van der Waals surface area (Å²) in [6.45, 7) is 4.20. The lowest BCUT2D eigenvalue weighted by Gasteiger charge is -2.32. The average molecular weight is 406 g/mol. The zero-order valence-corrected chi connectivity index (χ0v) is 17.2. The van der Waals surface area contributed by atoms with Crippen LogP contribution < -0.4 is 4.74 Å². The maximum Gasteiger partial charge on any atom is 0.227 e. The van der Waals surface area contributed by atoms with Gasteiger partial charge in [0.25, 0.3) is 0 Å². The van der Waals surface area contributed by atoms with E-state index >= 15 is 0 Å². The van der Waals surface area contributed by atoms with E-state index < -0.39 is 0 Å². The van der Waals surface area contributed by atoms with Crippen molar-refractivity contribution in [1.29, 1.82) is 0 Å². The minimum atomic E-state index is 0.119. The number of ether oxygens (including phenoxy) is 1. The van der Waals surface area contributed by atoms with Crippen LogP contribution in [0.1, 0.15) is 30.7 Å². The summed E-state index contributed by atoms with van der Waals surface area (Å²) in [5.41, 5.74) is 1.79. The Kier molecular flexibility index (Phi) is 6.37. The fourth-order valence-corrected chi connectivity index (χ4v) is 3.68. The first-order valence-electron chi connectivity index (χ1n) is 10.4. The first-order valence-corrected chi connectivity index (χ1v) is 10.4. The van der Waals surface area contributed by atoms with E-state index in [2.05, 4.69) is 15.1 Å². The van der Waals surface area contributed by atoms with E-state index in [0.717, 1.165) is 37.2 Å². The van der Waals surface area contributed by atoms with Gasteiger partial charge < -0.3 is 14.2 Å². The van der Waals surface area contributed by atoms with Gasteiger partial charge in [0.1, 0.15) is 11.4 Å². The topological polar surface area (TPSA) is 81.4 Å². The molecule has 30 heavy (non-hydrogen) atoms. The zero-order valence-electron chi connectivity index (χ0n) is 17.2. The first kappa shape index (κ1) is 20.1. The number of hydrogen-bond acceptors (Lipinski definition) is 6. The molecule has 1 saturated heterocycles. The molecule has 1 fully saturated rings. The van der Waals surface area contributed by atoms with Crippen LogP contribution in [0.3, 0.4) is 0 Å². The Hall–Kier alpha value is -3.22. The second kappa shape index (κ2) is 9.52. The molecule has 1 aromatic carbocycles. The highest BCUT2D eigenvalue weighted by Gasteiger charge is 2.24. The van der Waals surface area contributed by atoms with Gasteiger partial charge in [0.2, 0.25) is 17.6 Å². The fraction of sp³-hybridized carbons (Fsp3) is 0.391. The number of pyridine rings is 1. The molecule has 0 N–H and O–H groups in total. The van der Waals surface area contributed by atoms with Crippen molar-refractivity contribution >= 4 is 5.91 Å². The molecule has 7 heteroatoms. The van der Waals surface area contributed by atoms with Crippen molar-refractivity contribution < 1.29 is 14.1 Å². The largest absolute Gasteiger partial charge is 0.493 e. The van der Waals surface area contributed by atoms with Crippen molar-refractivity contribution in [1.82, 2.24) is 20.0 Å². The predicted octanol–water partition coefficient (Wildman–Crippen LogP) is 3.69. The van der Waals surface area contributed by atoms with Crippen LogP contribution in [0.25, 0.3) is 11.5 Å². The van der Waals surface area contributed by atoms with Gasteiger partial charge in [-0.25, -0.2) is 0 Å². The van der Waals surface area contributed by atoms with Crippen LogP contribution in [-0.2, 0) is 11.2 Å². The molecule has 0 saturated carbocycles. The summed E-state index contributed by atoms with van der Waals surface area (Å²) in [7, 11) is 0. The number of carbonyl (C=O) groups excluding carboxylic acids is 1. The maximum absolute atomic E-state index is 12.7. The van der Waals surface area contributed by atoms with Gasteiger partial charge in [-0.05, 0) is 43.5 Å². The van der Waals surface area contributed by atoms with Gasteiger partial charge in [0, 0.05) is 38.0 Å². The van der Waals surface area contributed by atoms with E-state index in [1.165, 1.54) is 0 Å². The third-order valence-electron chi connectivity index (χ3n) is 5.35. The first-order chi connectivity index (χ1) is 14.7. The van der Waals surface area contributed by atoms with Crippen molar-refractivity contribution in [3.63, 3.8) is 0 Å². The van der Waals surface area contributed by atoms with E-state index in [1.807, 2.05) is 54.3 Å². The normalized spacial score (nSPS) is 16.4. The fourth-order valence-electron chi connectivity index (χ4n) is 3.68. The molecule has 3 aromatic rings. The molecule has 0 spiro atoms. The number of para-hydroxylation sites is 1. The quantitative estimate of drug-likeness (QED) is 0.595. The third kappa shape index (κ3) is 5.03. The van der Waals surface area contributed by atoms with Crippen LogP contribution in [0, 0.1) is 12.8 Å². The molecule has 1 amide bonds. The Morgan fingerprint density at radius 3 is 2.93 bits per heavy atom. The van der Waals surface area contributed by atoms with Gasteiger partial charge in [-0.1, -0.05) is 29.4 Å². The maximum atomic E-state index is 12.7. The zero-order chi connectivity index (χ0) is 20.8. The number of hydrogen-bond donors (Lipinski definition) is 0. The Morgan fingerprint density at radius 1 is 1.23 bits per heavy atom. The second-order valence-electron chi connectivity index (χ2n) is 7.65. The van der Waals surface area contributed by atoms with Crippen LogP contribution in [0.5, 0.6) is 5.75 Å². The lowest BCUT2D eigenvalue weighted by atomic mass is 9.98. The van der Waals surface area contributed by atoms with E-state index in [4.69, 9.17) is 9.26 Å². The van der Waals surface area contributed by atoms with Gasteiger partial charge in [-0.2, -0.15) is 4.98 Å². The highest BCUT2D eigenvalue weighted by Crippen LogP contribution is 2.22. The molecule has 1 aliphatic rings. The van der Waals surface area contributed by atoms with Crippen molar-refractivity contribution in [2.75, 3.05) is 19.7 Å². The standard InChI is InChI=1S/C23H26N4O3/c1-17-7-2-3-10-20(17)29-16-18-8-6-14-27(15-18)22(28)12-11-21-25-23(26-30-21)19-9-4-5-13-24-19/h2-5,7,9-10,13,18H,6,8,11-12,14-16H2,1H3. The number of nitrogens with zero attached hydrogens (tertiary/aromatic N) is 4. The van der Waals surface area contributed by atoms with Gasteiger partial charge in [0.15, 0.2) is 0 Å². The number of piperidine rings is 1. The van der Waals surface area contributed by atoms with Crippen molar-refractivity contribution in [2.24, 2.45) is 5.92 Å². The predicted molar refractivity (Wildman–Crippen MR) is 112 cm³/mol. The Morgan fingerprint density at radius 2 is 2.10 bits per heavy atom. The summed E-state index contributed by atoms with van der Waals surface area (Å²) in [5.74, 6) is 2.29. The summed E-state index contributed by atoms with van der Waals surface area (Å²) < 4.78 is 11.3. The second-order valence-corrected chi connectivity index (χ2v) is 7.65. The highest BCUT2D eigenvalue weighted by atomic mass is 16.5. The van der Waals surface area contributed by atoms with Gasteiger partial charge >= 0.3 is 0 Å². The van der Waals surface area contributed by atoms with Crippen LogP contribution >= 0.6 is 0 Å². The van der Waals surface area contributed by atoms with Crippen LogP contribution in [0.4, 0.5) is 0 Å². The Labute approximate surface area is 176 Å². The number of carbonyl (C=O) groups is 1. The molecule has 0 aliphatic carbocycles. The molecule has 3 heterocycles. The molecule has 1 unspecified atom stereocenters. The minimum absolute atomic E-state index is 0.119. The monoisotopic (exact) mass is 406 g/mol. The summed E-state index contributed by atoms with van der Waals surface area (Å²) in [4.78, 5) is 23.2. The lowest BCUT2D eigenvalue weighted by Crippen LogP contribution is -2.41. The number of aryl methyl sites for hydroxylation is 2. The van der Waals surface area contributed by atoms with E-state index in [9.17, 15) is 4.79 Å². The molecule has 0 radical (unpaired) electrons. The van der Waals surface area contributed by atoms with Crippen LogP contribution in [0.15, 0.2) is 53.2 Å². The smallest absolute Gasteiger partial charge is 0.227 e. The number of aromatic nitrogens is 3. The molecular weight excluding hydrogens is 380 g/mol. The van der Waals surface area contributed by atoms with E-state index in [-0.39, 0.29) is 5.91 Å². The van der Waals surface area contributed by atoms with Gasteiger partial charge in [-0.3, -0.25) is 9.78 Å². The molecule has 1 aliphatic heterocycles. The van der Waals surface area contributed by atoms with Gasteiger partial charge in [0.05, 0.1) is 6.61 Å². The molecule has 156 valence electrons. The van der Waals surface area contributed by atoms with Crippen molar-refractivity contribution in [2.45, 2.75) is 32.6 Å². The SMILES string of the molecule is Cc1ccccc1OCC1CCCN(C(=O)CCc2nc(-c3ccccn3)no2)C1. The third-order valence-corrected chi connectivity index (χ3v) is 5.35. The summed E-state index contributed by atoms with van der Waals surface area (Å²) in [6, 6.07) is 13.6. The minimum Gasteiger partial charge on any atom is -0.493 e.